The first kappa shape index (κ1) is 13.8. The van der Waals surface area contributed by atoms with Crippen LogP contribution in [0.1, 0.15) is 17.2 Å². The quantitative estimate of drug-likeness (QED) is 0.600. The van der Waals surface area contributed by atoms with E-state index in [1.807, 2.05) is 31.2 Å². The van der Waals surface area contributed by atoms with Gasteiger partial charge in [-0.1, -0.05) is 12.1 Å². The number of halogens is 2. The number of thioether (sulfide) groups is 1. The highest BCUT2D eigenvalue weighted by Crippen LogP contribution is 2.28. The summed E-state index contributed by atoms with van der Waals surface area (Å²) in [5.41, 5.74) is 1.84. The van der Waals surface area contributed by atoms with Crippen LogP contribution >= 0.6 is 39.3 Å². The maximum atomic E-state index is 5.81. The van der Waals surface area contributed by atoms with Gasteiger partial charge in [0.15, 0.2) is 0 Å². The zero-order valence-corrected chi connectivity index (χ0v) is 13.0. The van der Waals surface area contributed by atoms with Gasteiger partial charge in [0.2, 0.25) is 0 Å². The van der Waals surface area contributed by atoms with Gasteiger partial charge in [-0.3, -0.25) is 0 Å². The number of rotatable bonds is 4. The van der Waals surface area contributed by atoms with Gasteiger partial charge < -0.3 is 0 Å². The van der Waals surface area contributed by atoms with Crippen molar-refractivity contribution in [2.75, 3.05) is 0 Å². The highest BCUT2D eigenvalue weighted by Gasteiger charge is 2.04. The van der Waals surface area contributed by atoms with Crippen molar-refractivity contribution in [1.29, 1.82) is 0 Å². The van der Waals surface area contributed by atoms with Gasteiger partial charge in [0, 0.05) is 15.1 Å². The molecule has 5 heteroatoms. The standard InChI is InChI=1S/C13H12BrClN2S/c1-9-6-10(7-15)17-13(16-9)8-18-12-5-3-2-4-11(12)14/h2-6H,7-8H2,1H3. The molecule has 2 aromatic rings. The minimum absolute atomic E-state index is 0.427. The van der Waals surface area contributed by atoms with Gasteiger partial charge in [-0.25, -0.2) is 9.97 Å². The molecule has 94 valence electrons. The van der Waals surface area contributed by atoms with E-state index >= 15 is 0 Å². The van der Waals surface area contributed by atoms with Crippen LogP contribution in [0, 0.1) is 6.92 Å². The van der Waals surface area contributed by atoms with Crippen molar-refractivity contribution in [1.82, 2.24) is 9.97 Å². The number of hydrogen-bond donors (Lipinski definition) is 0. The van der Waals surface area contributed by atoms with Crippen LogP contribution in [-0.4, -0.2) is 9.97 Å². The first-order valence-corrected chi connectivity index (χ1v) is 7.77. The molecule has 2 nitrogen and oxygen atoms in total. The molecular formula is C13H12BrClN2S. The summed E-state index contributed by atoms with van der Waals surface area (Å²) in [4.78, 5) is 10.0. The molecule has 0 aliphatic carbocycles. The Kier molecular flexibility index (Phi) is 5.03. The summed E-state index contributed by atoms with van der Waals surface area (Å²) in [6.45, 7) is 1.96. The molecule has 0 amide bonds. The van der Waals surface area contributed by atoms with Crippen molar-refractivity contribution < 1.29 is 0 Å². The summed E-state index contributed by atoms with van der Waals surface area (Å²) in [6, 6.07) is 10.0. The van der Waals surface area contributed by atoms with E-state index in [4.69, 9.17) is 11.6 Å². The van der Waals surface area contributed by atoms with Crippen LogP contribution in [-0.2, 0) is 11.6 Å². The van der Waals surface area contributed by atoms with Gasteiger partial charge in [0.25, 0.3) is 0 Å². The Balaban J connectivity index is 2.11. The highest BCUT2D eigenvalue weighted by molar-refractivity contribution is 9.10. The van der Waals surface area contributed by atoms with Crippen molar-refractivity contribution in [3.05, 3.63) is 52.0 Å². The molecule has 0 unspecified atom stereocenters. The van der Waals surface area contributed by atoms with Crippen molar-refractivity contribution in [2.45, 2.75) is 23.5 Å². The predicted octanol–water partition coefficient (Wildman–Crippen LogP) is 4.58. The molecule has 0 fully saturated rings. The third-order valence-corrected chi connectivity index (χ3v) is 4.58. The zero-order chi connectivity index (χ0) is 13.0. The third-order valence-electron chi connectivity index (χ3n) is 2.28. The average molecular weight is 344 g/mol. The minimum Gasteiger partial charge on any atom is -0.237 e. The van der Waals surface area contributed by atoms with Crippen LogP contribution < -0.4 is 0 Å². The predicted molar refractivity (Wildman–Crippen MR) is 80.0 cm³/mol. The zero-order valence-electron chi connectivity index (χ0n) is 9.86. The second kappa shape index (κ2) is 6.55. The van der Waals surface area contributed by atoms with Gasteiger partial charge in [0.1, 0.15) is 5.82 Å². The molecule has 1 heterocycles. The van der Waals surface area contributed by atoms with E-state index in [1.165, 1.54) is 4.90 Å². The van der Waals surface area contributed by atoms with Crippen molar-refractivity contribution in [3.8, 4) is 0 Å². The third kappa shape index (κ3) is 3.70. The monoisotopic (exact) mass is 342 g/mol. The maximum Gasteiger partial charge on any atom is 0.139 e. The minimum atomic E-state index is 0.427. The van der Waals surface area contributed by atoms with Gasteiger partial charge in [-0.2, -0.15) is 0 Å². The number of aryl methyl sites for hydroxylation is 1. The van der Waals surface area contributed by atoms with E-state index in [0.29, 0.717) is 5.88 Å². The molecule has 0 aliphatic heterocycles. The average Bonchev–Trinajstić information content (AvgIpc) is 2.37. The van der Waals surface area contributed by atoms with E-state index in [-0.39, 0.29) is 0 Å². The Morgan fingerprint density at radius 2 is 2.06 bits per heavy atom. The number of alkyl halides is 1. The van der Waals surface area contributed by atoms with Crippen LogP contribution in [0.2, 0.25) is 0 Å². The molecule has 0 N–H and O–H groups in total. The molecule has 2 rings (SSSR count). The fraction of sp³-hybridized carbons (Fsp3) is 0.231. The van der Waals surface area contributed by atoms with Crippen LogP contribution in [0.4, 0.5) is 0 Å². The van der Waals surface area contributed by atoms with E-state index in [9.17, 15) is 0 Å². The lowest BCUT2D eigenvalue weighted by Crippen LogP contribution is -1.98. The molecule has 1 aromatic carbocycles. The summed E-state index contributed by atoms with van der Waals surface area (Å²) in [5, 5.41) is 0. The number of nitrogens with zero attached hydrogens (tertiary/aromatic N) is 2. The molecule has 0 aliphatic rings. The number of hydrogen-bond acceptors (Lipinski definition) is 3. The summed E-state index contributed by atoms with van der Waals surface area (Å²) in [5.74, 6) is 2.00. The SMILES string of the molecule is Cc1cc(CCl)nc(CSc2ccccc2Br)n1. The summed E-state index contributed by atoms with van der Waals surface area (Å²) >= 11 is 11.1. The topological polar surface area (TPSA) is 25.8 Å². The van der Waals surface area contributed by atoms with Crippen LogP contribution in [0.25, 0.3) is 0 Å². The molecule has 0 bridgehead atoms. The summed E-state index contributed by atoms with van der Waals surface area (Å²) in [6.07, 6.45) is 0. The molecule has 18 heavy (non-hydrogen) atoms. The lowest BCUT2D eigenvalue weighted by Gasteiger charge is -2.05. The fourth-order valence-electron chi connectivity index (χ4n) is 1.54. The Labute approximate surface area is 124 Å². The van der Waals surface area contributed by atoms with Gasteiger partial charge >= 0.3 is 0 Å². The molecule has 0 spiro atoms. The second-order valence-corrected chi connectivity index (χ2v) is 5.91. The first-order chi connectivity index (χ1) is 8.69. The van der Waals surface area contributed by atoms with Gasteiger partial charge in [0.05, 0.1) is 17.3 Å². The lowest BCUT2D eigenvalue weighted by molar-refractivity contribution is 0.955. The van der Waals surface area contributed by atoms with Crippen LogP contribution in [0.15, 0.2) is 39.7 Å². The van der Waals surface area contributed by atoms with Crippen LogP contribution in [0.3, 0.4) is 0 Å². The lowest BCUT2D eigenvalue weighted by atomic mass is 10.3. The first-order valence-electron chi connectivity index (χ1n) is 5.46. The Morgan fingerprint density at radius 3 is 2.78 bits per heavy atom. The molecule has 0 saturated carbocycles. The maximum absolute atomic E-state index is 5.81. The van der Waals surface area contributed by atoms with Crippen molar-refractivity contribution >= 4 is 39.3 Å². The molecule has 1 aromatic heterocycles. The fourth-order valence-corrected chi connectivity index (χ4v) is 3.10. The molecule has 0 atom stereocenters. The Hall–Kier alpha value is -0.580. The van der Waals surface area contributed by atoms with Crippen molar-refractivity contribution in [2.24, 2.45) is 0 Å². The van der Waals surface area contributed by atoms with Crippen molar-refractivity contribution in [3.63, 3.8) is 0 Å². The van der Waals surface area contributed by atoms with Gasteiger partial charge in [-0.05, 0) is 41.1 Å². The smallest absolute Gasteiger partial charge is 0.139 e. The van der Waals surface area contributed by atoms with E-state index in [1.54, 1.807) is 11.8 Å². The summed E-state index contributed by atoms with van der Waals surface area (Å²) in [7, 11) is 0. The van der Waals surface area contributed by atoms with Gasteiger partial charge in [-0.15, -0.1) is 23.4 Å². The molecule has 0 radical (unpaired) electrons. The largest absolute Gasteiger partial charge is 0.237 e. The Bertz CT molecular complexity index is 548. The van der Waals surface area contributed by atoms with Crippen LogP contribution in [0.5, 0.6) is 0 Å². The molecule has 0 saturated heterocycles. The van der Waals surface area contributed by atoms with E-state index in [0.717, 1.165) is 27.4 Å². The van der Waals surface area contributed by atoms with E-state index < -0.39 is 0 Å². The normalized spacial score (nSPS) is 10.6. The molecular weight excluding hydrogens is 332 g/mol. The highest BCUT2D eigenvalue weighted by atomic mass is 79.9. The number of benzene rings is 1. The van der Waals surface area contributed by atoms with E-state index in [2.05, 4.69) is 32.0 Å². The second-order valence-electron chi connectivity index (χ2n) is 3.77. The number of aromatic nitrogens is 2. The Morgan fingerprint density at radius 1 is 1.28 bits per heavy atom. The summed E-state index contributed by atoms with van der Waals surface area (Å²) < 4.78 is 1.10.